The minimum Gasteiger partial charge on any atom is -0.354 e. The Kier molecular flexibility index (Phi) is 3.79. The van der Waals surface area contributed by atoms with E-state index < -0.39 is 0 Å². The van der Waals surface area contributed by atoms with E-state index in [1.54, 1.807) is 18.3 Å². The Labute approximate surface area is 134 Å². The van der Waals surface area contributed by atoms with Crippen LogP contribution in [0.5, 0.6) is 0 Å². The monoisotopic (exact) mass is 307 g/mol. The van der Waals surface area contributed by atoms with Crippen molar-refractivity contribution < 1.29 is 4.39 Å². The van der Waals surface area contributed by atoms with Crippen molar-refractivity contribution in [1.29, 1.82) is 0 Å². The van der Waals surface area contributed by atoms with Crippen LogP contribution in [0, 0.1) is 23.1 Å². The summed E-state index contributed by atoms with van der Waals surface area (Å²) in [5.41, 5.74) is 3.42. The van der Waals surface area contributed by atoms with Crippen LogP contribution in [0.1, 0.15) is 26.3 Å². The fourth-order valence-corrected chi connectivity index (χ4v) is 2.14. The van der Waals surface area contributed by atoms with Crippen molar-refractivity contribution in [2.45, 2.75) is 20.8 Å². The van der Waals surface area contributed by atoms with Gasteiger partial charge >= 0.3 is 0 Å². The Morgan fingerprint density at radius 2 is 1.87 bits per heavy atom. The lowest BCUT2D eigenvalue weighted by atomic mass is 9.97. The maximum atomic E-state index is 13.1. The van der Waals surface area contributed by atoms with Crippen LogP contribution in [0.3, 0.4) is 0 Å². The second kappa shape index (κ2) is 5.77. The SMILES string of the molecule is CC(C)(C)C#Cc1cc2[nH]ncc2cc1Nc1ccc(F)cc1. The zero-order valence-corrected chi connectivity index (χ0v) is 13.4. The average Bonchev–Trinajstić information content (AvgIpc) is 2.93. The largest absolute Gasteiger partial charge is 0.354 e. The van der Waals surface area contributed by atoms with E-state index in [1.807, 2.05) is 12.1 Å². The van der Waals surface area contributed by atoms with Gasteiger partial charge in [0, 0.05) is 16.5 Å². The van der Waals surface area contributed by atoms with Gasteiger partial charge in [0.2, 0.25) is 0 Å². The van der Waals surface area contributed by atoms with Crippen LogP contribution in [0.4, 0.5) is 15.8 Å². The molecule has 4 heteroatoms. The fraction of sp³-hybridized carbons (Fsp3) is 0.211. The lowest BCUT2D eigenvalue weighted by Crippen LogP contribution is -2.00. The highest BCUT2D eigenvalue weighted by atomic mass is 19.1. The molecule has 3 aromatic rings. The van der Waals surface area contributed by atoms with Crippen LogP contribution >= 0.6 is 0 Å². The molecule has 0 unspecified atom stereocenters. The summed E-state index contributed by atoms with van der Waals surface area (Å²) in [4.78, 5) is 0. The van der Waals surface area contributed by atoms with Crippen molar-refractivity contribution in [1.82, 2.24) is 10.2 Å². The zero-order valence-electron chi connectivity index (χ0n) is 13.4. The molecule has 0 radical (unpaired) electrons. The summed E-state index contributed by atoms with van der Waals surface area (Å²) in [6.07, 6.45) is 1.77. The van der Waals surface area contributed by atoms with Gasteiger partial charge in [-0.1, -0.05) is 11.8 Å². The molecule has 3 nitrogen and oxygen atoms in total. The van der Waals surface area contributed by atoms with Gasteiger partial charge in [-0.25, -0.2) is 4.39 Å². The first-order chi connectivity index (χ1) is 10.9. The third kappa shape index (κ3) is 3.70. The highest BCUT2D eigenvalue weighted by Gasteiger charge is 2.08. The van der Waals surface area contributed by atoms with Crippen molar-refractivity contribution in [2.24, 2.45) is 5.41 Å². The van der Waals surface area contributed by atoms with Crippen LogP contribution in [0.15, 0.2) is 42.6 Å². The number of nitrogens with zero attached hydrogens (tertiary/aromatic N) is 1. The van der Waals surface area contributed by atoms with E-state index in [4.69, 9.17) is 0 Å². The summed E-state index contributed by atoms with van der Waals surface area (Å²) in [6, 6.07) is 10.2. The number of hydrogen-bond donors (Lipinski definition) is 2. The summed E-state index contributed by atoms with van der Waals surface area (Å²) >= 11 is 0. The van der Waals surface area contributed by atoms with Gasteiger partial charge in [-0.2, -0.15) is 5.10 Å². The summed E-state index contributed by atoms with van der Waals surface area (Å²) in [5.74, 6) is 6.22. The number of halogens is 1. The minimum absolute atomic E-state index is 0.0872. The van der Waals surface area contributed by atoms with Crippen LogP contribution in [0.25, 0.3) is 10.9 Å². The van der Waals surface area contributed by atoms with Gasteiger partial charge in [0.25, 0.3) is 0 Å². The number of anilines is 2. The molecule has 0 amide bonds. The molecule has 0 aliphatic carbocycles. The second-order valence-corrected chi connectivity index (χ2v) is 6.49. The zero-order chi connectivity index (χ0) is 16.4. The smallest absolute Gasteiger partial charge is 0.123 e. The molecule has 0 fully saturated rings. The van der Waals surface area contributed by atoms with Gasteiger partial charge in [0.05, 0.1) is 23.0 Å². The number of aromatic amines is 1. The van der Waals surface area contributed by atoms with Gasteiger partial charge in [0.15, 0.2) is 0 Å². The van der Waals surface area contributed by atoms with Crippen molar-refractivity contribution in [2.75, 3.05) is 5.32 Å². The first kappa shape index (κ1) is 15.1. The predicted octanol–water partition coefficient (Wildman–Crippen LogP) is 4.84. The molecule has 2 aromatic carbocycles. The molecule has 1 aromatic heterocycles. The summed E-state index contributed by atoms with van der Waals surface area (Å²) in [7, 11) is 0. The van der Waals surface area contributed by atoms with Crippen LogP contribution in [0.2, 0.25) is 0 Å². The Morgan fingerprint density at radius 1 is 1.13 bits per heavy atom. The highest BCUT2D eigenvalue weighted by Crippen LogP contribution is 2.26. The quantitative estimate of drug-likeness (QED) is 0.665. The summed E-state index contributed by atoms with van der Waals surface area (Å²) < 4.78 is 13.1. The summed E-state index contributed by atoms with van der Waals surface area (Å²) in [6.45, 7) is 6.21. The van der Waals surface area contributed by atoms with E-state index in [-0.39, 0.29) is 11.2 Å². The molecule has 0 spiro atoms. The lowest BCUT2D eigenvalue weighted by molar-refractivity contribution is 0.571. The third-order valence-electron chi connectivity index (χ3n) is 3.27. The van der Waals surface area contributed by atoms with Crippen LogP contribution in [-0.2, 0) is 0 Å². The van der Waals surface area contributed by atoms with Crippen LogP contribution < -0.4 is 5.32 Å². The normalized spacial score (nSPS) is 11.1. The van der Waals surface area contributed by atoms with Crippen molar-refractivity contribution in [3.8, 4) is 11.8 Å². The molecule has 1 heterocycles. The minimum atomic E-state index is -0.256. The van der Waals surface area contributed by atoms with Crippen molar-refractivity contribution >= 4 is 22.3 Å². The first-order valence-corrected chi connectivity index (χ1v) is 7.44. The molecule has 0 aliphatic rings. The highest BCUT2D eigenvalue weighted by molar-refractivity contribution is 5.86. The number of benzene rings is 2. The molecular formula is C19H18FN3. The number of nitrogens with one attached hydrogen (secondary N) is 2. The number of H-pyrrole nitrogens is 1. The molecule has 0 saturated heterocycles. The van der Waals surface area contributed by atoms with E-state index in [2.05, 4.69) is 48.1 Å². The standard InChI is InChI=1S/C19H18FN3/c1-19(2,3)9-8-13-10-18-14(12-21-23-18)11-17(13)22-16-6-4-15(20)5-7-16/h4-7,10-12,22H,1-3H3,(H,21,23). The Bertz CT molecular complexity index is 890. The molecule has 2 N–H and O–H groups in total. The van der Waals surface area contributed by atoms with Crippen LogP contribution in [-0.4, -0.2) is 10.2 Å². The number of fused-ring (bicyclic) bond motifs is 1. The first-order valence-electron chi connectivity index (χ1n) is 7.44. The molecule has 116 valence electrons. The maximum Gasteiger partial charge on any atom is 0.123 e. The van der Waals surface area contributed by atoms with E-state index >= 15 is 0 Å². The Balaban J connectivity index is 2.05. The van der Waals surface area contributed by atoms with E-state index in [0.717, 1.165) is 27.8 Å². The number of aromatic nitrogens is 2. The van der Waals surface area contributed by atoms with Gasteiger partial charge in [-0.3, -0.25) is 5.10 Å². The van der Waals surface area contributed by atoms with E-state index in [0.29, 0.717) is 0 Å². The van der Waals surface area contributed by atoms with Gasteiger partial charge < -0.3 is 5.32 Å². The molecule has 0 atom stereocenters. The fourth-order valence-electron chi connectivity index (χ4n) is 2.14. The second-order valence-electron chi connectivity index (χ2n) is 6.49. The van der Waals surface area contributed by atoms with E-state index in [9.17, 15) is 4.39 Å². The molecule has 3 rings (SSSR count). The Morgan fingerprint density at radius 3 is 2.57 bits per heavy atom. The number of hydrogen-bond acceptors (Lipinski definition) is 2. The lowest BCUT2D eigenvalue weighted by Gasteiger charge is -2.11. The maximum absolute atomic E-state index is 13.1. The van der Waals surface area contributed by atoms with Gasteiger partial charge in [-0.05, 0) is 57.2 Å². The molecule has 0 aliphatic heterocycles. The van der Waals surface area contributed by atoms with E-state index in [1.165, 1.54) is 12.1 Å². The van der Waals surface area contributed by atoms with Gasteiger partial charge in [-0.15, -0.1) is 0 Å². The summed E-state index contributed by atoms with van der Waals surface area (Å²) in [5, 5.41) is 11.3. The molecule has 0 saturated carbocycles. The predicted molar refractivity (Wildman–Crippen MR) is 92.1 cm³/mol. The third-order valence-corrected chi connectivity index (χ3v) is 3.27. The molecular weight excluding hydrogens is 289 g/mol. The number of rotatable bonds is 2. The Hall–Kier alpha value is -2.80. The van der Waals surface area contributed by atoms with Gasteiger partial charge in [0.1, 0.15) is 5.82 Å². The van der Waals surface area contributed by atoms with Crippen molar-refractivity contribution in [3.63, 3.8) is 0 Å². The average molecular weight is 307 g/mol. The molecule has 0 bridgehead atoms. The van der Waals surface area contributed by atoms with Crippen molar-refractivity contribution in [3.05, 3.63) is 54.0 Å². The molecule has 23 heavy (non-hydrogen) atoms. The topological polar surface area (TPSA) is 40.7 Å².